The predicted molar refractivity (Wildman–Crippen MR) is 114 cm³/mol. The Kier molecular flexibility index (Phi) is 6.70. The molecule has 148 valence electrons. The standard InChI is InChI=1S/C21H20N4O3S/c1-14(22-18(26)13-10-15-8-11-17(28-2)12-9-15)19(27)23-21-25-24-20(29-21)16-6-4-3-5-7-16/h3-14H,1-2H3,(H,22,26)(H,23,25,27)/b13-10+. The zero-order valence-corrected chi connectivity index (χ0v) is 16.8. The minimum atomic E-state index is -0.730. The number of amides is 2. The predicted octanol–water partition coefficient (Wildman–Crippen LogP) is 3.37. The van der Waals surface area contributed by atoms with Crippen LogP contribution >= 0.6 is 11.3 Å². The van der Waals surface area contributed by atoms with Gasteiger partial charge in [0.25, 0.3) is 0 Å². The van der Waals surface area contributed by atoms with Crippen molar-refractivity contribution < 1.29 is 14.3 Å². The Morgan fingerprint density at radius 3 is 2.48 bits per heavy atom. The molecule has 0 aliphatic rings. The first-order valence-electron chi connectivity index (χ1n) is 8.87. The number of carbonyl (C=O) groups is 2. The fraction of sp³-hybridized carbons (Fsp3) is 0.143. The summed E-state index contributed by atoms with van der Waals surface area (Å²) in [7, 11) is 1.59. The molecule has 0 aliphatic carbocycles. The molecule has 3 aromatic rings. The Morgan fingerprint density at radius 1 is 1.07 bits per heavy atom. The van der Waals surface area contributed by atoms with E-state index in [4.69, 9.17) is 4.74 Å². The molecular weight excluding hydrogens is 388 g/mol. The number of hydrogen-bond donors (Lipinski definition) is 2. The quantitative estimate of drug-likeness (QED) is 0.585. The van der Waals surface area contributed by atoms with Gasteiger partial charge in [0, 0.05) is 11.6 Å². The van der Waals surface area contributed by atoms with Gasteiger partial charge in [-0.3, -0.25) is 14.9 Å². The van der Waals surface area contributed by atoms with Crippen molar-refractivity contribution in [2.75, 3.05) is 12.4 Å². The Balaban J connectivity index is 1.52. The number of nitrogens with zero attached hydrogens (tertiary/aromatic N) is 2. The highest BCUT2D eigenvalue weighted by atomic mass is 32.1. The maximum absolute atomic E-state index is 12.3. The molecule has 2 N–H and O–H groups in total. The number of ether oxygens (including phenoxy) is 1. The first kappa shape index (κ1) is 20.2. The highest BCUT2D eigenvalue weighted by Crippen LogP contribution is 2.25. The maximum atomic E-state index is 12.3. The van der Waals surface area contributed by atoms with Gasteiger partial charge in [0.15, 0.2) is 0 Å². The number of hydrogen-bond acceptors (Lipinski definition) is 6. The average Bonchev–Trinajstić information content (AvgIpc) is 3.21. The molecule has 1 aromatic heterocycles. The molecule has 0 bridgehead atoms. The van der Waals surface area contributed by atoms with Gasteiger partial charge in [-0.15, -0.1) is 10.2 Å². The van der Waals surface area contributed by atoms with Gasteiger partial charge in [-0.1, -0.05) is 53.8 Å². The number of methoxy groups -OCH3 is 1. The van der Waals surface area contributed by atoms with Gasteiger partial charge in [-0.05, 0) is 30.7 Å². The lowest BCUT2D eigenvalue weighted by Gasteiger charge is -2.11. The van der Waals surface area contributed by atoms with E-state index in [1.54, 1.807) is 32.2 Å². The van der Waals surface area contributed by atoms with E-state index in [2.05, 4.69) is 20.8 Å². The fourth-order valence-corrected chi connectivity index (χ4v) is 3.15. The summed E-state index contributed by atoms with van der Waals surface area (Å²) in [4.78, 5) is 24.4. The third kappa shape index (κ3) is 5.73. The van der Waals surface area contributed by atoms with Crippen LogP contribution in [0, 0.1) is 0 Å². The van der Waals surface area contributed by atoms with Crippen LogP contribution in [0.1, 0.15) is 12.5 Å². The molecule has 3 rings (SSSR count). The molecule has 2 aromatic carbocycles. The zero-order chi connectivity index (χ0) is 20.6. The second kappa shape index (κ2) is 9.61. The summed E-state index contributed by atoms with van der Waals surface area (Å²) in [6.07, 6.45) is 3.04. The van der Waals surface area contributed by atoms with Crippen LogP contribution in [-0.2, 0) is 9.59 Å². The summed E-state index contributed by atoms with van der Waals surface area (Å²) in [5, 5.41) is 14.5. The van der Waals surface area contributed by atoms with E-state index in [1.807, 2.05) is 42.5 Å². The summed E-state index contributed by atoms with van der Waals surface area (Å²) >= 11 is 1.27. The van der Waals surface area contributed by atoms with Gasteiger partial charge in [-0.2, -0.15) is 0 Å². The molecule has 0 fully saturated rings. The largest absolute Gasteiger partial charge is 0.497 e. The summed E-state index contributed by atoms with van der Waals surface area (Å²) in [5.41, 5.74) is 1.77. The van der Waals surface area contributed by atoms with E-state index in [1.165, 1.54) is 17.4 Å². The van der Waals surface area contributed by atoms with Crippen LogP contribution in [0.25, 0.3) is 16.6 Å². The number of carbonyl (C=O) groups excluding carboxylic acids is 2. The number of benzene rings is 2. The maximum Gasteiger partial charge on any atom is 0.248 e. The van der Waals surface area contributed by atoms with Crippen molar-refractivity contribution in [2.45, 2.75) is 13.0 Å². The van der Waals surface area contributed by atoms with Crippen LogP contribution in [0.5, 0.6) is 5.75 Å². The molecule has 29 heavy (non-hydrogen) atoms. The Labute approximate surface area is 172 Å². The molecule has 2 amide bonds. The lowest BCUT2D eigenvalue weighted by Crippen LogP contribution is -2.40. The van der Waals surface area contributed by atoms with Gasteiger partial charge < -0.3 is 10.1 Å². The number of aromatic nitrogens is 2. The Hall–Kier alpha value is -3.52. The highest BCUT2D eigenvalue weighted by Gasteiger charge is 2.17. The second-order valence-electron chi connectivity index (χ2n) is 6.10. The van der Waals surface area contributed by atoms with E-state index in [9.17, 15) is 9.59 Å². The van der Waals surface area contributed by atoms with Gasteiger partial charge >= 0.3 is 0 Å². The first-order valence-corrected chi connectivity index (χ1v) is 9.69. The number of rotatable bonds is 7. The fourth-order valence-electron chi connectivity index (χ4n) is 2.40. The first-order chi connectivity index (χ1) is 14.0. The Morgan fingerprint density at radius 2 is 1.79 bits per heavy atom. The van der Waals surface area contributed by atoms with Crippen LogP contribution in [0.2, 0.25) is 0 Å². The molecule has 0 saturated heterocycles. The van der Waals surface area contributed by atoms with Gasteiger partial charge in [0.2, 0.25) is 16.9 Å². The van der Waals surface area contributed by atoms with E-state index in [-0.39, 0.29) is 11.8 Å². The Bertz CT molecular complexity index is 1000. The van der Waals surface area contributed by atoms with Crippen LogP contribution < -0.4 is 15.4 Å². The third-order valence-corrected chi connectivity index (χ3v) is 4.86. The SMILES string of the molecule is COc1ccc(/C=C/C(=O)NC(C)C(=O)Nc2nnc(-c3ccccc3)s2)cc1. The van der Waals surface area contributed by atoms with E-state index in [0.717, 1.165) is 16.9 Å². The summed E-state index contributed by atoms with van der Waals surface area (Å²) < 4.78 is 5.09. The van der Waals surface area contributed by atoms with E-state index < -0.39 is 6.04 Å². The van der Waals surface area contributed by atoms with Crippen molar-refractivity contribution in [3.05, 3.63) is 66.2 Å². The van der Waals surface area contributed by atoms with Gasteiger partial charge in [0.05, 0.1) is 7.11 Å². The lowest BCUT2D eigenvalue weighted by atomic mass is 10.2. The highest BCUT2D eigenvalue weighted by molar-refractivity contribution is 7.18. The smallest absolute Gasteiger partial charge is 0.248 e. The molecule has 0 radical (unpaired) electrons. The molecule has 0 spiro atoms. The third-order valence-electron chi connectivity index (χ3n) is 3.97. The van der Waals surface area contributed by atoms with E-state index in [0.29, 0.717) is 10.1 Å². The molecule has 1 unspecified atom stereocenters. The van der Waals surface area contributed by atoms with Crippen molar-refractivity contribution in [1.29, 1.82) is 0 Å². The summed E-state index contributed by atoms with van der Waals surface area (Å²) in [5.74, 6) is 0.00154. The van der Waals surface area contributed by atoms with Crippen molar-refractivity contribution in [3.8, 4) is 16.3 Å². The molecule has 1 atom stereocenters. The molecule has 8 heteroatoms. The molecule has 0 aliphatic heterocycles. The molecular formula is C21H20N4O3S. The minimum Gasteiger partial charge on any atom is -0.497 e. The molecule has 7 nitrogen and oxygen atoms in total. The van der Waals surface area contributed by atoms with Crippen molar-refractivity contribution >= 4 is 34.4 Å². The monoisotopic (exact) mass is 408 g/mol. The lowest BCUT2D eigenvalue weighted by molar-refractivity contribution is -0.123. The summed E-state index contributed by atoms with van der Waals surface area (Å²) in [6.45, 7) is 1.60. The van der Waals surface area contributed by atoms with Gasteiger partial charge in [0.1, 0.15) is 16.8 Å². The number of nitrogens with one attached hydrogen (secondary N) is 2. The topological polar surface area (TPSA) is 93.2 Å². The minimum absolute atomic E-state index is 0.369. The van der Waals surface area contributed by atoms with Crippen molar-refractivity contribution in [2.24, 2.45) is 0 Å². The van der Waals surface area contributed by atoms with E-state index >= 15 is 0 Å². The molecule has 1 heterocycles. The second-order valence-corrected chi connectivity index (χ2v) is 7.08. The van der Waals surface area contributed by atoms with Crippen LogP contribution in [0.3, 0.4) is 0 Å². The molecule has 0 saturated carbocycles. The van der Waals surface area contributed by atoms with Crippen molar-refractivity contribution in [3.63, 3.8) is 0 Å². The van der Waals surface area contributed by atoms with Crippen LogP contribution in [0.4, 0.5) is 5.13 Å². The zero-order valence-electron chi connectivity index (χ0n) is 16.0. The van der Waals surface area contributed by atoms with Crippen molar-refractivity contribution in [1.82, 2.24) is 15.5 Å². The van der Waals surface area contributed by atoms with Crippen LogP contribution in [0.15, 0.2) is 60.7 Å². The van der Waals surface area contributed by atoms with Crippen LogP contribution in [-0.4, -0.2) is 35.2 Å². The summed E-state index contributed by atoms with van der Waals surface area (Å²) in [6, 6.07) is 16.1. The van der Waals surface area contributed by atoms with Gasteiger partial charge in [-0.25, -0.2) is 0 Å². The average molecular weight is 408 g/mol. The normalized spacial score (nSPS) is 11.8. The number of anilines is 1.